The Morgan fingerprint density at radius 1 is 1.25 bits per heavy atom. The lowest BCUT2D eigenvalue weighted by atomic mass is 10.0. The predicted octanol–water partition coefficient (Wildman–Crippen LogP) is 2.62. The molecule has 90 valence electrons. The van der Waals surface area contributed by atoms with Crippen molar-refractivity contribution >= 4 is 0 Å². The zero-order valence-electron chi connectivity index (χ0n) is 9.58. The fourth-order valence-corrected chi connectivity index (χ4v) is 1.61. The number of hydrogen-bond acceptors (Lipinski definition) is 2. The Labute approximate surface area is 94.8 Å². The highest BCUT2D eigenvalue weighted by atomic mass is 19.3. The Balaban J connectivity index is 2.87. The van der Waals surface area contributed by atoms with Gasteiger partial charge in [0.1, 0.15) is 0 Å². The van der Waals surface area contributed by atoms with Gasteiger partial charge in [0.05, 0.1) is 0 Å². The Morgan fingerprint density at radius 3 is 2.38 bits per heavy atom. The summed E-state index contributed by atoms with van der Waals surface area (Å²) in [6, 6.07) is 6.59. The second kappa shape index (κ2) is 5.92. The maximum atomic E-state index is 12.5. The van der Waals surface area contributed by atoms with E-state index in [9.17, 15) is 8.78 Å². The highest BCUT2D eigenvalue weighted by molar-refractivity contribution is 5.27. The first-order valence-corrected chi connectivity index (χ1v) is 5.38. The van der Waals surface area contributed by atoms with Gasteiger partial charge in [-0.1, -0.05) is 32.0 Å². The van der Waals surface area contributed by atoms with E-state index in [1.54, 1.807) is 6.07 Å². The van der Waals surface area contributed by atoms with E-state index in [2.05, 4.69) is 5.32 Å². The lowest BCUT2D eigenvalue weighted by Crippen LogP contribution is -2.33. The molecule has 1 unspecified atom stereocenters. The molecule has 1 aromatic rings. The van der Waals surface area contributed by atoms with Crippen LogP contribution in [0.5, 0.6) is 0 Å². The van der Waals surface area contributed by atoms with Crippen molar-refractivity contribution in [2.75, 3.05) is 6.54 Å². The molecule has 0 radical (unpaired) electrons. The van der Waals surface area contributed by atoms with Gasteiger partial charge in [-0.05, 0) is 11.6 Å². The van der Waals surface area contributed by atoms with Gasteiger partial charge >= 0.3 is 0 Å². The molecule has 0 aliphatic rings. The van der Waals surface area contributed by atoms with E-state index >= 15 is 0 Å². The molecule has 3 N–H and O–H groups in total. The largest absolute Gasteiger partial charge is 0.329 e. The first-order chi connectivity index (χ1) is 7.54. The molecule has 0 saturated heterocycles. The van der Waals surface area contributed by atoms with Crippen molar-refractivity contribution in [1.29, 1.82) is 0 Å². The number of hydrogen-bond donors (Lipinski definition) is 2. The van der Waals surface area contributed by atoms with Crippen molar-refractivity contribution in [3.63, 3.8) is 0 Å². The molecule has 1 aromatic carbocycles. The third kappa shape index (κ3) is 3.54. The van der Waals surface area contributed by atoms with Crippen LogP contribution in [0.1, 0.15) is 37.4 Å². The highest BCUT2D eigenvalue weighted by Gasteiger charge is 2.13. The molecule has 0 aliphatic heterocycles. The maximum absolute atomic E-state index is 12.5. The van der Waals surface area contributed by atoms with Crippen LogP contribution < -0.4 is 11.1 Å². The van der Waals surface area contributed by atoms with Crippen LogP contribution in [-0.4, -0.2) is 12.6 Å². The van der Waals surface area contributed by atoms with Crippen molar-refractivity contribution < 1.29 is 8.78 Å². The van der Waals surface area contributed by atoms with Crippen LogP contribution in [0.4, 0.5) is 8.78 Å². The summed E-state index contributed by atoms with van der Waals surface area (Å²) in [5.41, 5.74) is 6.49. The van der Waals surface area contributed by atoms with E-state index in [0.717, 1.165) is 5.56 Å². The van der Waals surface area contributed by atoms with Crippen LogP contribution in [-0.2, 0) is 0 Å². The molecule has 0 aromatic heterocycles. The number of alkyl halides is 2. The molecule has 1 rings (SSSR count). The molecule has 0 aliphatic carbocycles. The molecular weight excluding hydrogens is 210 g/mol. The summed E-state index contributed by atoms with van der Waals surface area (Å²) in [6.07, 6.45) is -2.43. The van der Waals surface area contributed by atoms with Crippen molar-refractivity contribution in [3.05, 3.63) is 35.4 Å². The zero-order chi connectivity index (χ0) is 12.1. The summed E-state index contributed by atoms with van der Waals surface area (Å²) in [5, 5.41) is 3.24. The lowest BCUT2D eigenvalue weighted by Gasteiger charge is -2.20. The molecule has 1 atom stereocenters. The summed E-state index contributed by atoms with van der Waals surface area (Å²) >= 11 is 0. The number of nitrogens with one attached hydrogen (secondary N) is 1. The van der Waals surface area contributed by atoms with Crippen molar-refractivity contribution in [1.82, 2.24) is 5.32 Å². The Hall–Kier alpha value is -1.00. The molecule has 0 saturated carbocycles. The van der Waals surface area contributed by atoms with E-state index in [0.29, 0.717) is 6.54 Å². The molecule has 0 bridgehead atoms. The average Bonchev–Trinajstić information content (AvgIpc) is 2.25. The average molecular weight is 228 g/mol. The summed E-state index contributed by atoms with van der Waals surface area (Å²) in [7, 11) is 0. The van der Waals surface area contributed by atoms with Crippen LogP contribution in [0.2, 0.25) is 0 Å². The summed E-state index contributed by atoms with van der Waals surface area (Å²) in [4.78, 5) is 0. The summed E-state index contributed by atoms with van der Waals surface area (Å²) in [5.74, 6) is 0. The summed E-state index contributed by atoms with van der Waals surface area (Å²) in [6.45, 7) is 4.39. The van der Waals surface area contributed by atoms with E-state index in [1.807, 2.05) is 19.9 Å². The van der Waals surface area contributed by atoms with Crippen molar-refractivity contribution in [2.24, 2.45) is 5.73 Å². The Bertz CT molecular complexity index is 327. The fraction of sp³-hybridized carbons (Fsp3) is 0.500. The smallest absolute Gasteiger partial charge is 0.263 e. The van der Waals surface area contributed by atoms with E-state index < -0.39 is 6.43 Å². The molecule has 2 nitrogen and oxygen atoms in total. The minimum atomic E-state index is -2.43. The first-order valence-electron chi connectivity index (χ1n) is 5.38. The summed E-state index contributed by atoms with van der Waals surface area (Å²) < 4.78 is 25.1. The molecule has 0 amide bonds. The van der Waals surface area contributed by atoms with E-state index in [4.69, 9.17) is 5.73 Å². The van der Waals surface area contributed by atoms with Gasteiger partial charge in [0.25, 0.3) is 6.43 Å². The van der Waals surface area contributed by atoms with Gasteiger partial charge < -0.3 is 11.1 Å². The molecule has 4 heteroatoms. The van der Waals surface area contributed by atoms with Gasteiger partial charge in [-0.2, -0.15) is 0 Å². The maximum Gasteiger partial charge on any atom is 0.263 e. The lowest BCUT2D eigenvalue weighted by molar-refractivity contribution is 0.151. The number of benzene rings is 1. The van der Waals surface area contributed by atoms with Crippen LogP contribution in [0, 0.1) is 0 Å². The topological polar surface area (TPSA) is 38.0 Å². The Kier molecular flexibility index (Phi) is 4.83. The van der Waals surface area contributed by atoms with Gasteiger partial charge in [0, 0.05) is 24.2 Å². The second-order valence-electron chi connectivity index (χ2n) is 4.08. The minimum Gasteiger partial charge on any atom is -0.329 e. The number of rotatable bonds is 5. The van der Waals surface area contributed by atoms with Gasteiger partial charge in [0.15, 0.2) is 0 Å². The SMILES string of the molecule is CC(C)NC(CN)c1cccc(C(F)F)c1. The predicted molar refractivity (Wildman–Crippen MR) is 61.5 cm³/mol. The van der Waals surface area contributed by atoms with Gasteiger partial charge in [-0.3, -0.25) is 0 Å². The molecule has 0 heterocycles. The van der Waals surface area contributed by atoms with Crippen LogP contribution in [0.3, 0.4) is 0 Å². The van der Waals surface area contributed by atoms with Crippen LogP contribution in [0.15, 0.2) is 24.3 Å². The molecule has 16 heavy (non-hydrogen) atoms. The highest BCUT2D eigenvalue weighted by Crippen LogP contribution is 2.22. The van der Waals surface area contributed by atoms with Crippen molar-refractivity contribution in [3.8, 4) is 0 Å². The number of nitrogens with two attached hydrogens (primary N) is 1. The monoisotopic (exact) mass is 228 g/mol. The van der Waals surface area contributed by atoms with Gasteiger partial charge in [0.2, 0.25) is 0 Å². The Morgan fingerprint density at radius 2 is 1.88 bits per heavy atom. The second-order valence-corrected chi connectivity index (χ2v) is 4.08. The van der Waals surface area contributed by atoms with E-state index in [1.165, 1.54) is 12.1 Å². The van der Waals surface area contributed by atoms with Crippen LogP contribution >= 0.6 is 0 Å². The van der Waals surface area contributed by atoms with Crippen molar-refractivity contribution in [2.45, 2.75) is 32.4 Å². The first kappa shape index (κ1) is 13.1. The normalized spacial score (nSPS) is 13.4. The van der Waals surface area contributed by atoms with Gasteiger partial charge in [-0.15, -0.1) is 0 Å². The minimum absolute atomic E-state index is 0.0431. The van der Waals surface area contributed by atoms with Crippen LogP contribution in [0.25, 0.3) is 0 Å². The molecule has 0 spiro atoms. The standard InChI is InChI=1S/C12H18F2N2/c1-8(2)16-11(7-15)9-4-3-5-10(6-9)12(13)14/h3-6,8,11-12,16H,7,15H2,1-2H3. The molecule has 0 fully saturated rings. The number of halogens is 2. The van der Waals surface area contributed by atoms with E-state index in [-0.39, 0.29) is 17.6 Å². The zero-order valence-corrected chi connectivity index (χ0v) is 9.58. The quantitative estimate of drug-likeness (QED) is 0.813. The van der Waals surface area contributed by atoms with Gasteiger partial charge in [-0.25, -0.2) is 8.78 Å². The fourth-order valence-electron chi connectivity index (χ4n) is 1.61. The molecular formula is C12H18F2N2. The third-order valence-corrected chi connectivity index (χ3v) is 2.34. The third-order valence-electron chi connectivity index (χ3n) is 2.34.